The second-order valence-corrected chi connectivity index (χ2v) is 3.39. The summed E-state index contributed by atoms with van der Waals surface area (Å²) in [6, 6.07) is 5.43. The van der Waals surface area contributed by atoms with Crippen LogP contribution in [-0.4, -0.2) is 32.4 Å². The largest absolute Gasteiger partial charge is 0.482 e. The van der Waals surface area contributed by atoms with Crippen LogP contribution >= 0.6 is 0 Å². The van der Waals surface area contributed by atoms with Gasteiger partial charge in [0.1, 0.15) is 12.0 Å². The summed E-state index contributed by atoms with van der Waals surface area (Å²) in [4.78, 5) is 23.5. The summed E-state index contributed by atoms with van der Waals surface area (Å²) in [5.41, 5.74) is 1.50. The molecule has 1 N–H and O–H groups in total. The van der Waals surface area contributed by atoms with Crippen LogP contribution in [0.25, 0.3) is 0 Å². The first-order valence-electron chi connectivity index (χ1n) is 4.95. The van der Waals surface area contributed by atoms with Crippen molar-refractivity contribution in [3.8, 4) is 5.75 Å². The number of hydrogen-bond acceptors (Lipinski definition) is 4. The maximum Gasteiger partial charge on any atom is 0.265 e. The van der Waals surface area contributed by atoms with E-state index in [2.05, 4.69) is 5.32 Å². The number of anilines is 2. The van der Waals surface area contributed by atoms with Gasteiger partial charge in [-0.15, -0.1) is 0 Å². The SMILES string of the molecule is CNc1ccc2c(c1)N(CC=O)C(=O)CO2. The monoisotopic (exact) mass is 220 g/mol. The van der Waals surface area contributed by atoms with Gasteiger partial charge in [-0.2, -0.15) is 0 Å². The highest BCUT2D eigenvalue weighted by molar-refractivity contribution is 6.00. The molecule has 0 bridgehead atoms. The maximum absolute atomic E-state index is 11.6. The lowest BCUT2D eigenvalue weighted by Gasteiger charge is -2.28. The Balaban J connectivity index is 2.43. The molecular formula is C11H12N2O3. The average molecular weight is 220 g/mol. The van der Waals surface area contributed by atoms with Gasteiger partial charge in [0.2, 0.25) is 0 Å². The van der Waals surface area contributed by atoms with Crippen LogP contribution in [-0.2, 0) is 9.59 Å². The van der Waals surface area contributed by atoms with Gasteiger partial charge in [0, 0.05) is 12.7 Å². The lowest BCUT2D eigenvalue weighted by Crippen LogP contribution is -2.39. The smallest absolute Gasteiger partial charge is 0.265 e. The van der Waals surface area contributed by atoms with Crippen molar-refractivity contribution in [3.63, 3.8) is 0 Å². The van der Waals surface area contributed by atoms with Crippen LogP contribution in [0.5, 0.6) is 5.75 Å². The Morgan fingerprint density at radius 3 is 3.06 bits per heavy atom. The molecule has 0 fully saturated rings. The highest BCUT2D eigenvalue weighted by Crippen LogP contribution is 2.33. The fourth-order valence-corrected chi connectivity index (χ4v) is 1.63. The summed E-state index contributed by atoms with van der Waals surface area (Å²) in [5, 5.41) is 2.97. The number of aldehydes is 1. The number of fused-ring (bicyclic) bond motifs is 1. The second-order valence-electron chi connectivity index (χ2n) is 3.39. The summed E-state index contributed by atoms with van der Waals surface area (Å²) < 4.78 is 5.28. The number of carbonyl (C=O) groups excluding carboxylic acids is 2. The Kier molecular flexibility index (Phi) is 2.76. The lowest BCUT2D eigenvalue weighted by molar-refractivity contribution is -0.122. The fourth-order valence-electron chi connectivity index (χ4n) is 1.63. The first kappa shape index (κ1) is 10.5. The van der Waals surface area contributed by atoms with E-state index in [-0.39, 0.29) is 19.1 Å². The lowest BCUT2D eigenvalue weighted by atomic mass is 10.2. The second kappa shape index (κ2) is 4.22. The molecule has 16 heavy (non-hydrogen) atoms. The summed E-state index contributed by atoms with van der Waals surface area (Å²) in [7, 11) is 1.79. The Labute approximate surface area is 93.0 Å². The number of ether oxygens (including phenoxy) is 1. The van der Waals surface area contributed by atoms with E-state index in [4.69, 9.17) is 4.74 Å². The predicted molar refractivity (Wildman–Crippen MR) is 59.9 cm³/mol. The molecule has 0 saturated heterocycles. The van der Waals surface area contributed by atoms with E-state index in [1.54, 1.807) is 19.2 Å². The molecule has 0 saturated carbocycles. The van der Waals surface area contributed by atoms with Crippen LogP contribution in [0.4, 0.5) is 11.4 Å². The van der Waals surface area contributed by atoms with Crippen molar-refractivity contribution in [1.29, 1.82) is 0 Å². The zero-order valence-corrected chi connectivity index (χ0v) is 8.90. The normalized spacial score (nSPS) is 14.1. The predicted octanol–water partition coefficient (Wildman–Crippen LogP) is 0.653. The zero-order valence-electron chi connectivity index (χ0n) is 8.90. The first-order chi connectivity index (χ1) is 7.76. The fraction of sp³-hybridized carbons (Fsp3) is 0.273. The number of amides is 1. The maximum atomic E-state index is 11.6. The molecule has 1 heterocycles. The van der Waals surface area contributed by atoms with E-state index in [0.717, 1.165) is 5.69 Å². The van der Waals surface area contributed by atoms with Crippen LogP contribution in [0.1, 0.15) is 0 Å². The Morgan fingerprint density at radius 1 is 1.56 bits per heavy atom. The van der Waals surface area contributed by atoms with Crippen LogP contribution < -0.4 is 15.0 Å². The molecule has 1 amide bonds. The molecule has 2 rings (SSSR count). The number of nitrogens with zero attached hydrogens (tertiary/aromatic N) is 1. The minimum Gasteiger partial charge on any atom is -0.482 e. The third kappa shape index (κ3) is 1.71. The van der Waals surface area contributed by atoms with Crippen LogP contribution in [0.2, 0.25) is 0 Å². The number of hydrogen-bond donors (Lipinski definition) is 1. The zero-order chi connectivity index (χ0) is 11.5. The third-order valence-corrected chi connectivity index (χ3v) is 2.45. The molecule has 0 aliphatic carbocycles. The number of nitrogens with one attached hydrogen (secondary N) is 1. The minimum absolute atomic E-state index is 0.0141. The number of benzene rings is 1. The van der Waals surface area contributed by atoms with Gasteiger partial charge in [-0.3, -0.25) is 9.69 Å². The van der Waals surface area contributed by atoms with Crippen molar-refractivity contribution in [2.24, 2.45) is 0 Å². The number of carbonyl (C=O) groups is 2. The molecule has 0 unspecified atom stereocenters. The van der Waals surface area contributed by atoms with Gasteiger partial charge in [0.15, 0.2) is 6.61 Å². The Hall–Kier alpha value is -2.04. The molecular weight excluding hydrogens is 208 g/mol. The Morgan fingerprint density at radius 2 is 2.38 bits per heavy atom. The summed E-state index contributed by atoms with van der Waals surface area (Å²) in [6.45, 7) is 0.0438. The van der Waals surface area contributed by atoms with Gasteiger partial charge in [0.25, 0.3) is 5.91 Å². The van der Waals surface area contributed by atoms with E-state index in [0.29, 0.717) is 17.7 Å². The van der Waals surface area contributed by atoms with Gasteiger partial charge in [-0.1, -0.05) is 0 Å². The molecule has 0 atom stereocenters. The van der Waals surface area contributed by atoms with Crippen molar-refractivity contribution in [3.05, 3.63) is 18.2 Å². The molecule has 0 radical (unpaired) electrons. The average Bonchev–Trinajstić information content (AvgIpc) is 2.32. The van der Waals surface area contributed by atoms with Crippen molar-refractivity contribution in [1.82, 2.24) is 0 Å². The summed E-state index contributed by atoms with van der Waals surface area (Å²) in [6.07, 6.45) is 0.707. The first-order valence-corrected chi connectivity index (χ1v) is 4.95. The third-order valence-electron chi connectivity index (χ3n) is 2.45. The molecule has 1 aromatic rings. The summed E-state index contributed by atoms with van der Waals surface area (Å²) in [5.74, 6) is 0.424. The van der Waals surface area contributed by atoms with Crippen molar-refractivity contribution in [2.45, 2.75) is 0 Å². The molecule has 1 aliphatic rings. The molecule has 1 aliphatic heterocycles. The van der Waals surface area contributed by atoms with Crippen molar-refractivity contribution >= 4 is 23.6 Å². The van der Waals surface area contributed by atoms with Gasteiger partial charge >= 0.3 is 0 Å². The highest BCUT2D eigenvalue weighted by atomic mass is 16.5. The molecule has 5 nitrogen and oxygen atoms in total. The van der Waals surface area contributed by atoms with Gasteiger partial charge in [-0.25, -0.2) is 0 Å². The van der Waals surface area contributed by atoms with Gasteiger partial charge < -0.3 is 14.8 Å². The highest BCUT2D eigenvalue weighted by Gasteiger charge is 2.25. The molecule has 84 valence electrons. The summed E-state index contributed by atoms with van der Waals surface area (Å²) >= 11 is 0. The topological polar surface area (TPSA) is 58.6 Å². The van der Waals surface area contributed by atoms with Crippen LogP contribution in [0.15, 0.2) is 18.2 Å². The van der Waals surface area contributed by atoms with Crippen molar-refractivity contribution < 1.29 is 14.3 Å². The standard InChI is InChI=1S/C11H12N2O3/c1-12-8-2-3-10-9(6-8)13(4-5-14)11(15)7-16-10/h2-3,5-6,12H,4,7H2,1H3. The minimum atomic E-state index is -0.201. The molecule has 1 aromatic carbocycles. The Bertz CT molecular complexity index is 431. The number of rotatable bonds is 3. The molecule has 5 heteroatoms. The quantitative estimate of drug-likeness (QED) is 0.760. The van der Waals surface area contributed by atoms with E-state index < -0.39 is 0 Å². The van der Waals surface area contributed by atoms with Crippen molar-refractivity contribution in [2.75, 3.05) is 30.4 Å². The van der Waals surface area contributed by atoms with E-state index in [1.165, 1.54) is 4.90 Å². The van der Waals surface area contributed by atoms with E-state index in [1.807, 2.05) is 6.07 Å². The molecule has 0 spiro atoms. The van der Waals surface area contributed by atoms with Gasteiger partial charge in [-0.05, 0) is 18.2 Å². The van der Waals surface area contributed by atoms with Crippen LogP contribution in [0, 0.1) is 0 Å². The van der Waals surface area contributed by atoms with Crippen LogP contribution in [0.3, 0.4) is 0 Å². The molecule has 0 aromatic heterocycles. The van der Waals surface area contributed by atoms with Gasteiger partial charge in [0.05, 0.1) is 12.2 Å². The van der Waals surface area contributed by atoms with E-state index >= 15 is 0 Å². The van der Waals surface area contributed by atoms with E-state index in [9.17, 15) is 9.59 Å².